The third-order valence-corrected chi connectivity index (χ3v) is 9.49. The van der Waals surface area contributed by atoms with Crippen molar-refractivity contribution in [3.8, 4) is 5.75 Å². The number of unbranched alkanes of at least 4 members (excludes halogenated alkanes) is 1. The van der Waals surface area contributed by atoms with Gasteiger partial charge in [0.2, 0.25) is 0 Å². The molecule has 0 amide bonds. The summed E-state index contributed by atoms with van der Waals surface area (Å²) in [6, 6.07) is 8.18. The van der Waals surface area contributed by atoms with E-state index < -0.39 is 0 Å². The number of allylic oxidation sites excluding steroid dienone is 2. The molecule has 188 valence electrons. The van der Waals surface area contributed by atoms with Crippen molar-refractivity contribution in [1.29, 1.82) is 0 Å². The number of rotatable bonds is 9. The van der Waals surface area contributed by atoms with Crippen LogP contribution in [0.3, 0.4) is 0 Å². The molecular weight excluding hydrogens is 416 g/mol. The monoisotopic (exact) mass is 464 g/mol. The number of ether oxygens (including phenoxy) is 1. The van der Waals surface area contributed by atoms with Gasteiger partial charge in [-0.2, -0.15) is 0 Å². The molecule has 3 aliphatic rings. The van der Waals surface area contributed by atoms with Gasteiger partial charge in [0.05, 0.1) is 5.92 Å². The lowest BCUT2D eigenvalue weighted by molar-refractivity contribution is -0.144. The second-order valence-corrected chi connectivity index (χ2v) is 11.6. The van der Waals surface area contributed by atoms with Gasteiger partial charge < -0.3 is 4.74 Å². The topological polar surface area (TPSA) is 26.3 Å². The van der Waals surface area contributed by atoms with E-state index in [4.69, 9.17) is 4.74 Å². The number of carbonyl (C=O) groups is 1. The second-order valence-electron chi connectivity index (χ2n) is 11.6. The smallest absolute Gasteiger partial charge is 0.314 e. The van der Waals surface area contributed by atoms with E-state index >= 15 is 0 Å². The predicted molar refractivity (Wildman–Crippen MR) is 142 cm³/mol. The van der Waals surface area contributed by atoms with E-state index in [0.29, 0.717) is 5.92 Å². The van der Waals surface area contributed by atoms with Crippen molar-refractivity contribution in [2.24, 2.45) is 35.5 Å². The molecule has 2 heteroatoms. The molecule has 0 aromatic heterocycles. The van der Waals surface area contributed by atoms with Gasteiger partial charge in [-0.3, -0.25) is 4.79 Å². The summed E-state index contributed by atoms with van der Waals surface area (Å²) in [5, 5.41) is 0. The van der Waals surface area contributed by atoms with E-state index in [9.17, 15) is 4.79 Å². The third-order valence-electron chi connectivity index (χ3n) is 9.49. The molecular formula is C32H48O2. The maximum atomic E-state index is 13.2. The maximum absolute atomic E-state index is 13.2. The minimum Gasteiger partial charge on any atom is -0.426 e. The Balaban J connectivity index is 1.26. The van der Waals surface area contributed by atoms with Crippen LogP contribution < -0.4 is 4.74 Å². The summed E-state index contributed by atoms with van der Waals surface area (Å²) in [5.74, 6) is 5.04. The Morgan fingerprint density at radius 1 is 0.941 bits per heavy atom. The summed E-state index contributed by atoms with van der Waals surface area (Å²) < 4.78 is 5.92. The van der Waals surface area contributed by atoms with Gasteiger partial charge in [-0.05, 0) is 106 Å². The van der Waals surface area contributed by atoms with Gasteiger partial charge in [-0.25, -0.2) is 0 Å². The first kappa shape index (κ1) is 25.5. The highest BCUT2D eigenvalue weighted by atomic mass is 16.5. The SMILES string of the molecule is C/C=C/CCc1ccc(OC(=O)C2CCCC3CC(C4CCC(CCCC)CC4)CCC32)cc1. The highest BCUT2D eigenvalue weighted by molar-refractivity contribution is 5.75. The molecule has 0 bridgehead atoms. The van der Waals surface area contributed by atoms with Crippen LogP contribution >= 0.6 is 0 Å². The van der Waals surface area contributed by atoms with Gasteiger partial charge >= 0.3 is 5.97 Å². The quantitative estimate of drug-likeness (QED) is 0.207. The molecule has 3 fully saturated rings. The lowest BCUT2D eigenvalue weighted by Gasteiger charge is -2.46. The van der Waals surface area contributed by atoms with Crippen molar-refractivity contribution in [2.75, 3.05) is 0 Å². The van der Waals surface area contributed by atoms with Gasteiger partial charge in [0.1, 0.15) is 5.75 Å². The highest BCUT2D eigenvalue weighted by Gasteiger charge is 2.43. The number of carbonyl (C=O) groups excluding carboxylic acids is 1. The second kappa shape index (κ2) is 12.9. The standard InChI is InChI=1S/C32H48O2/c1-3-5-7-10-25-15-20-29(21-16-25)34-32(33)31-12-8-11-28-23-27(19-22-30(28)31)26-17-13-24(14-18-26)9-6-4-2/h3,5,15-16,20-21,24,26-28,30-31H,4,6-14,17-19,22-23H2,1-2H3/b5-3+. The van der Waals surface area contributed by atoms with E-state index in [1.807, 2.05) is 12.1 Å². The average molecular weight is 465 g/mol. The summed E-state index contributed by atoms with van der Waals surface area (Å²) in [6.07, 6.45) is 24.0. The van der Waals surface area contributed by atoms with Crippen LogP contribution in [0.5, 0.6) is 5.75 Å². The molecule has 0 aliphatic heterocycles. The molecule has 3 aliphatic carbocycles. The molecule has 4 atom stereocenters. The van der Waals surface area contributed by atoms with E-state index in [1.165, 1.54) is 82.6 Å². The molecule has 0 spiro atoms. The Morgan fingerprint density at radius 3 is 2.44 bits per heavy atom. The normalized spacial score (nSPS) is 31.8. The van der Waals surface area contributed by atoms with Crippen LogP contribution in [0.15, 0.2) is 36.4 Å². The fourth-order valence-electron chi connectivity index (χ4n) is 7.49. The van der Waals surface area contributed by atoms with Crippen LogP contribution in [0.2, 0.25) is 0 Å². The largest absolute Gasteiger partial charge is 0.426 e. The van der Waals surface area contributed by atoms with Crippen molar-refractivity contribution in [1.82, 2.24) is 0 Å². The first-order valence-corrected chi connectivity index (χ1v) is 14.6. The Bertz CT molecular complexity index is 771. The number of aryl methyl sites for hydroxylation is 1. The molecule has 0 heterocycles. The number of benzene rings is 1. The van der Waals surface area contributed by atoms with Crippen LogP contribution in [0.1, 0.15) is 109 Å². The molecule has 1 aromatic rings. The van der Waals surface area contributed by atoms with Crippen LogP contribution in [0.25, 0.3) is 0 Å². The molecule has 1 aromatic carbocycles. The van der Waals surface area contributed by atoms with Crippen molar-refractivity contribution in [3.63, 3.8) is 0 Å². The zero-order valence-corrected chi connectivity index (χ0v) is 21.9. The van der Waals surface area contributed by atoms with Gasteiger partial charge in [0.25, 0.3) is 0 Å². The van der Waals surface area contributed by atoms with Crippen LogP contribution in [-0.2, 0) is 11.2 Å². The summed E-state index contributed by atoms with van der Waals surface area (Å²) in [7, 11) is 0. The molecule has 0 saturated heterocycles. The number of fused-ring (bicyclic) bond motifs is 1. The van der Waals surface area contributed by atoms with Gasteiger partial charge in [0, 0.05) is 0 Å². The summed E-state index contributed by atoms with van der Waals surface area (Å²) >= 11 is 0. The van der Waals surface area contributed by atoms with Gasteiger partial charge in [0.15, 0.2) is 0 Å². The Morgan fingerprint density at radius 2 is 1.71 bits per heavy atom. The van der Waals surface area contributed by atoms with E-state index in [1.54, 1.807) is 0 Å². The predicted octanol–water partition coefficient (Wildman–Crippen LogP) is 8.93. The fourth-order valence-corrected chi connectivity index (χ4v) is 7.49. The van der Waals surface area contributed by atoms with Gasteiger partial charge in [-0.1, -0.05) is 76.2 Å². The minimum absolute atomic E-state index is 0.0336. The van der Waals surface area contributed by atoms with Gasteiger partial charge in [-0.15, -0.1) is 0 Å². The third kappa shape index (κ3) is 6.76. The van der Waals surface area contributed by atoms with E-state index in [-0.39, 0.29) is 11.9 Å². The van der Waals surface area contributed by atoms with Crippen molar-refractivity contribution >= 4 is 5.97 Å². The first-order chi connectivity index (χ1) is 16.7. The minimum atomic E-state index is 0.0336. The fraction of sp³-hybridized carbons (Fsp3) is 0.719. The Kier molecular flexibility index (Phi) is 9.71. The number of hydrogen-bond acceptors (Lipinski definition) is 2. The summed E-state index contributed by atoms with van der Waals surface area (Å²) in [5.41, 5.74) is 1.30. The zero-order chi connectivity index (χ0) is 23.8. The maximum Gasteiger partial charge on any atom is 0.314 e. The number of esters is 1. The molecule has 34 heavy (non-hydrogen) atoms. The van der Waals surface area contributed by atoms with Crippen molar-refractivity contribution in [2.45, 2.75) is 110 Å². The average Bonchev–Trinajstić information content (AvgIpc) is 2.88. The molecule has 0 radical (unpaired) electrons. The highest BCUT2D eigenvalue weighted by Crippen LogP contribution is 2.50. The van der Waals surface area contributed by atoms with Crippen LogP contribution in [0.4, 0.5) is 0 Å². The van der Waals surface area contributed by atoms with Crippen molar-refractivity contribution < 1.29 is 9.53 Å². The first-order valence-electron chi connectivity index (χ1n) is 14.6. The van der Waals surface area contributed by atoms with E-state index in [0.717, 1.165) is 48.7 Å². The zero-order valence-electron chi connectivity index (χ0n) is 21.9. The summed E-state index contributed by atoms with van der Waals surface area (Å²) in [6.45, 7) is 4.38. The van der Waals surface area contributed by atoms with Crippen LogP contribution in [-0.4, -0.2) is 5.97 Å². The summed E-state index contributed by atoms with van der Waals surface area (Å²) in [4.78, 5) is 13.2. The Labute approximate surface area is 208 Å². The molecule has 4 unspecified atom stereocenters. The Hall–Kier alpha value is -1.57. The lowest BCUT2D eigenvalue weighted by atomic mass is 9.59. The van der Waals surface area contributed by atoms with E-state index in [2.05, 4.69) is 38.1 Å². The molecule has 4 rings (SSSR count). The lowest BCUT2D eigenvalue weighted by Crippen LogP contribution is -2.40. The number of hydrogen-bond donors (Lipinski definition) is 0. The molecule has 3 saturated carbocycles. The molecule has 0 N–H and O–H groups in total. The molecule has 2 nitrogen and oxygen atoms in total. The van der Waals surface area contributed by atoms with Crippen LogP contribution in [0, 0.1) is 35.5 Å². The van der Waals surface area contributed by atoms with Crippen molar-refractivity contribution in [3.05, 3.63) is 42.0 Å².